The van der Waals surface area contributed by atoms with Gasteiger partial charge in [0.25, 0.3) is 0 Å². The van der Waals surface area contributed by atoms with Crippen LogP contribution in [0, 0.1) is 0 Å². The molecule has 330 valence electrons. The van der Waals surface area contributed by atoms with Gasteiger partial charge in [0.05, 0.1) is 27.8 Å². The first kappa shape index (κ1) is 39.4. The topological polar surface area (TPSA) is 61.7 Å². The van der Waals surface area contributed by atoms with Gasteiger partial charge in [-0.05, 0) is 99.4 Å². The van der Waals surface area contributed by atoms with Gasteiger partial charge in [0.1, 0.15) is 5.58 Å². The van der Waals surface area contributed by atoms with Gasteiger partial charge in [-0.25, -0.2) is 15.0 Å². The number of nitrogens with zero attached hydrogens (tertiary/aromatic N) is 5. The largest absolute Gasteiger partial charge is 0.454 e. The minimum atomic E-state index is 0.561. The molecule has 6 heteroatoms. The minimum Gasteiger partial charge on any atom is -0.454 e. The molecule has 0 aliphatic carbocycles. The molecule has 0 bridgehead atoms. The minimum absolute atomic E-state index is 0.561. The standard InChI is InChI=1S/C65H39N5O/c1-3-16-40(17-4-1)41-30-32-42(33-31-41)63-66-64(68-65(67-63)51-26-15-28-56-61(51)50-25-11-13-27-55(50)69(56)48-22-5-2-6-23-48)47-36-54-49-24-12-14-29-60(49)71-62(54)59(39-47)70-57-37-45-20-9-7-18-43(45)34-52(57)53-35-44-19-8-10-21-46(44)38-58(53)70/h1-39H. The number of hydrogen-bond donors (Lipinski definition) is 0. The van der Waals surface area contributed by atoms with Crippen LogP contribution in [0.1, 0.15) is 0 Å². The summed E-state index contributed by atoms with van der Waals surface area (Å²) >= 11 is 0. The molecule has 15 rings (SSSR count). The Labute approximate surface area is 407 Å². The average Bonchev–Trinajstić information content (AvgIpc) is 4.09. The van der Waals surface area contributed by atoms with Gasteiger partial charge in [-0.1, -0.05) is 170 Å². The maximum Gasteiger partial charge on any atom is 0.164 e. The highest BCUT2D eigenvalue weighted by Crippen LogP contribution is 2.44. The molecule has 0 N–H and O–H groups in total. The van der Waals surface area contributed by atoms with Crippen molar-refractivity contribution in [3.63, 3.8) is 0 Å². The third-order valence-electron chi connectivity index (χ3n) is 14.3. The highest BCUT2D eigenvalue weighted by Gasteiger charge is 2.24. The summed E-state index contributed by atoms with van der Waals surface area (Å²) in [6.07, 6.45) is 0. The van der Waals surface area contributed by atoms with E-state index in [9.17, 15) is 0 Å². The quantitative estimate of drug-likeness (QED) is 0.167. The summed E-state index contributed by atoms with van der Waals surface area (Å²) in [6.45, 7) is 0. The lowest BCUT2D eigenvalue weighted by Gasteiger charge is -2.14. The maximum absolute atomic E-state index is 6.96. The second-order valence-electron chi connectivity index (χ2n) is 18.4. The fraction of sp³-hybridized carbons (Fsp3) is 0. The van der Waals surface area contributed by atoms with Gasteiger partial charge < -0.3 is 13.6 Å². The third-order valence-corrected chi connectivity index (χ3v) is 14.3. The molecule has 0 aliphatic rings. The Morgan fingerprint density at radius 2 is 0.845 bits per heavy atom. The zero-order valence-corrected chi connectivity index (χ0v) is 38.2. The Balaban J connectivity index is 1.03. The molecular formula is C65H39N5O. The smallest absolute Gasteiger partial charge is 0.164 e. The van der Waals surface area contributed by atoms with Crippen molar-refractivity contribution in [2.75, 3.05) is 0 Å². The number of aromatic nitrogens is 5. The van der Waals surface area contributed by atoms with Gasteiger partial charge in [-0.3, -0.25) is 0 Å². The normalized spacial score (nSPS) is 11.9. The number of furan rings is 1. The van der Waals surface area contributed by atoms with Crippen molar-refractivity contribution in [1.29, 1.82) is 0 Å². The van der Waals surface area contributed by atoms with E-state index in [2.05, 4.69) is 234 Å². The average molecular weight is 906 g/mol. The lowest BCUT2D eigenvalue weighted by Crippen LogP contribution is -2.02. The van der Waals surface area contributed by atoms with Crippen molar-refractivity contribution in [2.45, 2.75) is 0 Å². The SMILES string of the molecule is c1ccc(-c2ccc(-c3nc(-c4cc(-n5c6cc7ccccc7cc6c6cc7ccccc7cc65)c5oc6ccccc6c5c4)nc(-c4cccc5c4c4ccccc4n5-c4ccccc4)n3)cc2)cc1. The summed E-state index contributed by atoms with van der Waals surface area (Å²) in [4.78, 5) is 16.4. The zero-order chi connectivity index (χ0) is 46.6. The van der Waals surface area contributed by atoms with E-state index in [-0.39, 0.29) is 0 Å². The van der Waals surface area contributed by atoms with Crippen LogP contribution in [0.2, 0.25) is 0 Å². The monoisotopic (exact) mass is 905 g/mol. The van der Waals surface area contributed by atoms with Crippen LogP contribution in [-0.2, 0) is 0 Å². The van der Waals surface area contributed by atoms with E-state index < -0.39 is 0 Å². The van der Waals surface area contributed by atoms with Gasteiger partial charge in [0.15, 0.2) is 23.1 Å². The van der Waals surface area contributed by atoms with Crippen LogP contribution in [0.25, 0.3) is 144 Å². The highest BCUT2D eigenvalue weighted by atomic mass is 16.3. The molecule has 11 aromatic carbocycles. The van der Waals surface area contributed by atoms with Crippen molar-refractivity contribution in [3.8, 4) is 56.7 Å². The van der Waals surface area contributed by atoms with Crippen molar-refractivity contribution in [1.82, 2.24) is 24.1 Å². The first-order valence-corrected chi connectivity index (χ1v) is 24.0. The molecule has 15 aromatic rings. The third kappa shape index (κ3) is 6.18. The van der Waals surface area contributed by atoms with Crippen molar-refractivity contribution >= 4 is 87.1 Å². The molecule has 4 aromatic heterocycles. The van der Waals surface area contributed by atoms with Crippen LogP contribution in [0.5, 0.6) is 0 Å². The van der Waals surface area contributed by atoms with Gasteiger partial charge in [-0.2, -0.15) is 0 Å². The van der Waals surface area contributed by atoms with Gasteiger partial charge in [-0.15, -0.1) is 0 Å². The molecule has 0 saturated heterocycles. The molecule has 0 amide bonds. The van der Waals surface area contributed by atoms with E-state index >= 15 is 0 Å². The van der Waals surface area contributed by atoms with Crippen molar-refractivity contribution in [2.24, 2.45) is 0 Å². The molecule has 0 atom stereocenters. The first-order valence-electron chi connectivity index (χ1n) is 24.0. The summed E-state index contributed by atoms with van der Waals surface area (Å²) in [7, 11) is 0. The molecule has 0 saturated carbocycles. The number of benzene rings is 11. The predicted molar refractivity (Wildman–Crippen MR) is 293 cm³/mol. The Morgan fingerprint density at radius 1 is 0.310 bits per heavy atom. The Hall–Kier alpha value is -9.65. The molecule has 4 heterocycles. The summed E-state index contributed by atoms with van der Waals surface area (Å²) in [5.74, 6) is 1.74. The van der Waals surface area contributed by atoms with Gasteiger partial charge in [0, 0.05) is 54.7 Å². The molecule has 0 spiro atoms. The Bertz CT molecular complexity index is 4530. The van der Waals surface area contributed by atoms with E-state index in [1.54, 1.807) is 0 Å². The molecule has 0 fully saturated rings. The molecule has 0 radical (unpaired) electrons. The Kier molecular flexibility index (Phi) is 8.56. The van der Waals surface area contributed by atoms with Gasteiger partial charge in [0.2, 0.25) is 0 Å². The lowest BCUT2D eigenvalue weighted by molar-refractivity contribution is 0.666. The van der Waals surface area contributed by atoms with E-state index in [0.717, 1.165) is 94.0 Å². The second-order valence-corrected chi connectivity index (χ2v) is 18.4. The van der Waals surface area contributed by atoms with E-state index in [1.165, 1.54) is 32.3 Å². The van der Waals surface area contributed by atoms with Crippen LogP contribution in [0.3, 0.4) is 0 Å². The van der Waals surface area contributed by atoms with Crippen LogP contribution < -0.4 is 0 Å². The predicted octanol–water partition coefficient (Wildman–Crippen LogP) is 16.9. The summed E-state index contributed by atoms with van der Waals surface area (Å²) in [6, 6.07) is 83.9. The second kappa shape index (κ2) is 15.4. The Morgan fingerprint density at radius 3 is 1.55 bits per heavy atom. The summed E-state index contributed by atoms with van der Waals surface area (Å²) in [5, 5.41) is 11.3. The maximum atomic E-state index is 6.96. The lowest BCUT2D eigenvalue weighted by atomic mass is 10.0. The highest BCUT2D eigenvalue weighted by molar-refractivity contribution is 6.19. The van der Waals surface area contributed by atoms with Crippen LogP contribution in [0.15, 0.2) is 241 Å². The number of fused-ring (bicyclic) bond motifs is 11. The fourth-order valence-electron chi connectivity index (χ4n) is 11.0. The van der Waals surface area contributed by atoms with E-state index in [1.807, 2.05) is 12.1 Å². The van der Waals surface area contributed by atoms with Crippen LogP contribution in [0.4, 0.5) is 0 Å². The number of rotatable bonds is 6. The molecule has 0 aliphatic heterocycles. The summed E-state index contributed by atoms with van der Waals surface area (Å²) in [5.41, 5.74) is 12.9. The molecule has 6 nitrogen and oxygen atoms in total. The molecule has 0 unspecified atom stereocenters. The summed E-state index contributed by atoms with van der Waals surface area (Å²) < 4.78 is 11.7. The van der Waals surface area contributed by atoms with Gasteiger partial charge >= 0.3 is 0 Å². The van der Waals surface area contributed by atoms with Crippen LogP contribution in [-0.4, -0.2) is 24.1 Å². The number of hydrogen-bond acceptors (Lipinski definition) is 4. The van der Waals surface area contributed by atoms with Crippen molar-refractivity contribution < 1.29 is 4.42 Å². The molecule has 71 heavy (non-hydrogen) atoms. The van der Waals surface area contributed by atoms with Crippen LogP contribution >= 0.6 is 0 Å². The van der Waals surface area contributed by atoms with E-state index in [4.69, 9.17) is 19.4 Å². The molecular weight excluding hydrogens is 867 g/mol. The van der Waals surface area contributed by atoms with E-state index in [0.29, 0.717) is 17.5 Å². The fourth-order valence-corrected chi connectivity index (χ4v) is 11.0. The van der Waals surface area contributed by atoms with Crippen molar-refractivity contribution in [3.05, 3.63) is 237 Å². The zero-order valence-electron chi connectivity index (χ0n) is 38.2. The first-order chi connectivity index (χ1) is 35.2. The number of para-hydroxylation sites is 3.